The zero-order valence-electron chi connectivity index (χ0n) is 10.5. The van der Waals surface area contributed by atoms with Gasteiger partial charge < -0.3 is 41.4 Å². The first-order chi connectivity index (χ1) is 9.27. The van der Waals surface area contributed by atoms with Crippen molar-refractivity contribution in [2.75, 3.05) is 6.61 Å². The second-order valence-electron chi connectivity index (χ2n) is 4.39. The Bertz CT molecular complexity index is 363. The van der Waals surface area contributed by atoms with Crippen LogP contribution in [0.5, 0.6) is 0 Å². The highest BCUT2D eigenvalue weighted by atomic mass is 16.7. The van der Waals surface area contributed by atoms with E-state index < -0.39 is 61.7 Å². The van der Waals surface area contributed by atoms with E-state index in [0.29, 0.717) is 0 Å². The fraction of sp³-hybridized carbons (Fsp3) is 0.800. The van der Waals surface area contributed by atoms with Gasteiger partial charge in [-0.15, -0.1) is 0 Å². The molecule has 6 atom stereocenters. The van der Waals surface area contributed by atoms with Crippen molar-refractivity contribution in [3.63, 3.8) is 0 Å². The lowest BCUT2D eigenvalue weighted by atomic mass is 9.99. The summed E-state index contributed by atoms with van der Waals surface area (Å²) in [5, 5.41) is 37.7. The molecule has 0 spiro atoms. The lowest BCUT2D eigenvalue weighted by molar-refractivity contribution is -0.308. The molecule has 0 aromatic rings. The Labute approximate surface area is 113 Å². The lowest BCUT2D eigenvalue weighted by Crippen LogP contribution is -2.60. The molecule has 3 unspecified atom stereocenters. The van der Waals surface area contributed by atoms with E-state index in [0.717, 1.165) is 0 Å². The van der Waals surface area contributed by atoms with Crippen LogP contribution in [-0.4, -0.2) is 75.7 Å². The predicted octanol–water partition coefficient (Wildman–Crippen LogP) is -4.47. The highest BCUT2D eigenvalue weighted by Crippen LogP contribution is 2.23. The Morgan fingerprint density at radius 3 is 2.20 bits per heavy atom. The molecule has 0 radical (unpaired) electrons. The number of carbonyl (C=O) groups is 2. The third kappa shape index (κ3) is 3.85. The largest absolute Gasteiger partial charge is 0.394 e. The number of hydrogen-bond acceptors (Lipinski definition) is 8. The van der Waals surface area contributed by atoms with E-state index in [1.165, 1.54) is 0 Å². The van der Waals surface area contributed by atoms with Gasteiger partial charge in [0.2, 0.25) is 11.8 Å². The molecule has 116 valence electrons. The predicted molar refractivity (Wildman–Crippen MR) is 61.6 cm³/mol. The van der Waals surface area contributed by atoms with Crippen LogP contribution in [-0.2, 0) is 19.1 Å². The second-order valence-corrected chi connectivity index (χ2v) is 4.39. The van der Waals surface area contributed by atoms with E-state index in [2.05, 4.69) is 0 Å². The van der Waals surface area contributed by atoms with E-state index in [1.807, 2.05) is 0 Å². The van der Waals surface area contributed by atoms with Crippen molar-refractivity contribution in [2.24, 2.45) is 11.5 Å². The summed E-state index contributed by atoms with van der Waals surface area (Å²) in [6.07, 6.45) is -9.66. The van der Waals surface area contributed by atoms with E-state index in [1.54, 1.807) is 0 Å². The van der Waals surface area contributed by atoms with Gasteiger partial charge in [-0.05, 0) is 0 Å². The smallest absolute Gasteiger partial charge is 0.247 e. The van der Waals surface area contributed by atoms with Gasteiger partial charge in [0.25, 0.3) is 0 Å². The number of ether oxygens (including phenoxy) is 2. The fourth-order valence-corrected chi connectivity index (χ4v) is 1.74. The molecule has 0 aliphatic carbocycles. The molecule has 0 bridgehead atoms. The molecule has 1 aliphatic heterocycles. The van der Waals surface area contributed by atoms with Crippen LogP contribution in [0.1, 0.15) is 6.42 Å². The molecule has 0 aromatic heterocycles. The molecular formula is C10H18N2O8. The van der Waals surface area contributed by atoms with Gasteiger partial charge in [0.1, 0.15) is 30.5 Å². The molecule has 0 aromatic carbocycles. The van der Waals surface area contributed by atoms with Crippen molar-refractivity contribution < 1.29 is 39.5 Å². The fourth-order valence-electron chi connectivity index (χ4n) is 1.74. The average Bonchev–Trinajstić information content (AvgIpc) is 2.37. The molecule has 1 saturated heterocycles. The Morgan fingerprint density at radius 1 is 1.15 bits per heavy atom. The summed E-state index contributed by atoms with van der Waals surface area (Å²) in [4.78, 5) is 21.9. The number of nitrogens with two attached hydrogens (primary N) is 2. The molecule has 1 fully saturated rings. The summed E-state index contributed by atoms with van der Waals surface area (Å²) in [7, 11) is 0. The van der Waals surface area contributed by atoms with Crippen molar-refractivity contribution >= 4 is 11.8 Å². The van der Waals surface area contributed by atoms with Crippen LogP contribution < -0.4 is 11.5 Å². The molecule has 10 heteroatoms. The summed E-state index contributed by atoms with van der Waals surface area (Å²) in [5.74, 6) is -1.88. The van der Waals surface area contributed by atoms with Crippen LogP contribution in [0.4, 0.5) is 0 Å². The van der Waals surface area contributed by atoms with Crippen LogP contribution >= 0.6 is 0 Å². The zero-order valence-corrected chi connectivity index (χ0v) is 10.5. The average molecular weight is 294 g/mol. The van der Waals surface area contributed by atoms with E-state index in [4.69, 9.17) is 26.0 Å². The van der Waals surface area contributed by atoms with Crippen molar-refractivity contribution in [1.82, 2.24) is 0 Å². The van der Waals surface area contributed by atoms with Gasteiger partial charge >= 0.3 is 0 Å². The minimum Gasteiger partial charge on any atom is -0.394 e. The van der Waals surface area contributed by atoms with E-state index in [-0.39, 0.29) is 0 Å². The van der Waals surface area contributed by atoms with Crippen molar-refractivity contribution in [3.8, 4) is 0 Å². The summed E-state index contributed by atoms with van der Waals surface area (Å²) in [6, 6.07) is 0. The van der Waals surface area contributed by atoms with E-state index >= 15 is 0 Å². The van der Waals surface area contributed by atoms with Gasteiger partial charge in [0.15, 0.2) is 6.29 Å². The summed E-state index contributed by atoms with van der Waals surface area (Å²) < 4.78 is 10.00. The number of primary amides is 2. The normalized spacial score (nSPS) is 35.5. The van der Waals surface area contributed by atoms with E-state index in [9.17, 15) is 24.9 Å². The van der Waals surface area contributed by atoms with Gasteiger partial charge in [-0.2, -0.15) is 0 Å². The maximum Gasteiger partial charge on any atom is 0.247 e. The van der Waals surface area contributed by atoms with Crippen LogP contribution in [0.15, 0.2) is 0 Å². The third-order valence-corrected chi connectivity index (χ3v) is 2.85. The number of aliphatic hydroxyl groups is 4. The van der Waals surface area contributed by atoms with Crippen molar-refractivity contribution in [1.29, 1.82) is 0 Å². The Kier molecular flexibility index (Phi) is 5.80. The third-order valence-electron chi connectivity index (χ3n) is 2.85. The molecule has 1 aliphatic rings. The lowest BCUT2D eigenvalue weighted by Gasteiger charge is -2.40. The van der Waals surface area contributed by atoms with Gasteiger partial charge in [-0.3, -0.25) is 9.59 Å². The Hall–Kier alpha value is -1.30. The molecule has 1 rings (SSSR count). The molecule has 2 amide bonds. The maximum absolute atomic E-state index is 11.1. The van der Waals surface area contributed by atoms with Crippen LogP contribution in [0.2, 0.25) is 0 Å². The molecule has 10 nitrogen and oxygen atoms in total. The van der Waals surface area contributed by atoms with Gasteiger partial charge in [-0.25, -0.2) is 0 Å². The number of aliphatic hydroxyl groups excluding tert-OH is 4. The summed E-state index contributed by atoms with van der Waals surface area (Å²) in [5.41, 5.74) is 9.92. The van der Waals surface area contributed by atoms with Crippen LogP contribution in [0.3, 0.4) is 0 Å². The van der Waals surface area contributed by atoms with Gasteiger partial charge in [0.05, 0.1) is 13.0 Å². The Morgan fingerprint density at radius 2 is 1.75 bits per heavy atom. The second kappa shape index (κ2) is 6.92. The first kappa shape index (κ1) is 16.8. The highest BCUT2D eigenvalue weighted by molar-refractivity contribution is 5.85. The number of carbonyl (C=O) groups excluding carboxylic acids is 2. The minimum atomic E-state index is -1.69. The summed E-state index contributed by atoms with van der Waals surface area (Å²) in [6.45, 7) is -0.651. The summed E-state index contributed by atoms with van der Waals surface area (Å²) >= 11 is 0. The van der Waals surface area contributed by atoms with Crippen LogP contribution in [0.25, 0.3) is 0 Å². The molecule has 8 N–H and O–H groups in total. The topological polar surface area (TPSA) is 186 Å². The van der Waals surface area contributed by atoms with Gasteiger partial charge in [0, 0.05) is 0 Å². The number of amides is 2. The first-order valence-electron chi connectivity index (χ1n) is 5.81. The zero-order chi connectivity index (χ0) is 15.4. The highest BCUT2D eigenvalue weighted by Gasteiger charge is 2.45. The molecule has 0 saturated carbocycles. The SMILES string of the molecule is NC(=O)CC(O[C@H]1OC(CO)[C@H](O)C(O)[C@@H]1O)C(N)=O. The number of hydrogen-bond donors (Lipinski definition) is 6. The maximum atomic E-state index is 11.1. The molecule has 1 heterocycles. The Balaban J connectivity index is 2.77. The molecule has 20 heavy (non-hydrogen) atoms. The standard InChI is InChI=1S/C10H18N2O8/c11-5(14)1-3(9(12)18)19-10-8(17)7(16)6(15)4(2-13)20-10/h3-4,6-8,10,13,15-17H,1-2H2,(H2,11,14)(H2,12,18)/t3?,4?,6-,7?,8-,10-/m0/s1. The molecular weight excluding hydrogens is 276 g/mol. The minimum absolute atomic E-state index is 0.537. The number of rotatable bonds is 6. The van der Waals surface area contributed by atoms with Crippen molar-refractivity contribution in [2.45, 2.75) is 43.2 Å². The first-order valence-corrected chi connectivity index (χ1v) is 5.81. The van der Waals surface area contributed by atoms with Crippen LogP contribution in [0, 0.1) is 0 Å². The quantitative estimate of drug-likeness (QED) is 0.283. The van der Waals surface area contributed by atoms with Crippen molar-refractivity contribution in [3.05, 3.63) is 0 Å². The monoisotopic (exact) mass is 294 g/mol. The van der Waals surface area contributed by atoms with Gasteiger partial charge in [-0.1, -0.05) is 0 Å².